The van der Waals surface area contributed by atoms with Gasteiger partial charge in [0.2, 0.25) is 48.0 Å². The van der Waals surface area contributed by atoms with E-state index in [-0.39, 0.29) is 97.9 Å². The van der Waals surface area contributed by atoms with Gasteiger partial charge in [0.25, 0.3) is 0 Å². The molecule has 3 aromatic rings. The highest BCUT2D eigenvalue weighted by molar-refractivity contribution is 6.39. The molecule has 3 aliphatic carbocycles. The van der Waals surface area contributed by atoms with Crippen LogP contribution in [0.2, 0.25) is 0 Å². The Morgan fingerprint density at radius 1 is 0.545 bits per heavy atom. The molecule has 4 heterocycles. The number of Topliss-reactive ketones (excluding diaryl/α,β-unsaturated/α-hetero) is 8. The third-order valence-corrected chi connectivity index (χ3v) is 20.6. The van der Waals surface area contributed by atoms with Crippen LogP contribution in [0.5, 0.6) is 0 Å². The molecule has 20 nitrogen and oxygen atoms in total. The molecule has 2 N–H and O–H groups in total. The van der Waals surface area contributed by atoms with Gasteiger partial charge in [0.15, 0.2) is 34.7 Å². The maximum Gasteiger partial charge on any atom is 0.246 e. The molecular weight excluding hydrogens is 1290 g/mol. The number of benzene rings is 1. The van der Waals surface area contributed by atoms with E-state index in [4.69, 9.17) is 0 Å². The summed E-state index contributed by atoms with van der Waals surface area (Å²) in [5.41, 5.74) is 0.246. The van der Waals surface area contributed by atoms with Gasteiger partial charge in [-0.15, -0.1) is 0 Å². The summed E-state index contributed by atoms with van der Waals surface area (Å²) < 4.78 is 69.8. The van der Waals surface area contributed by atoms with Crippen LogP contribution in [0.1, 0.15) is 198 Å². The highest BCUT2D eigenvalue weighted by Gasteiger charge is 2.56. The normalized spacial score (nSPS) is 22.5. The standard InChI is InChI=1S/C40H52F2N4O6.C34H45F3N4O6/c1-23(2)29(20-31(47)30-21-43-15-16-44-30)38(51)45-37(40(4,5)6)39(52)46-22-26-13-10-14-28(26)35(46)32(48)18-27(19-34(41)42)36(50)33(49)17-24(3)25-11-8-7-9-12-25;1-17(2)22(14-26(42)25-15-38-9-10-39-25)33(46)40-30(18(3)4)34(47)41-16-23-21(7-8-24(23)35)31(41)27(43)12-20(13-29(36)37)32(45)28(44)11-19-5-6-19/h7-9,11-12,15-16,21,23-24,26-29,34-35,37H,10,13-14,17-20,22H2,1-6H3,(H,45,51);9-10,15,17-24,29-31H,5-8,11-14,16H2,1-4H3,(H,40,46)/t24-,26+,27?,28+,29-,35+,37-;20?,21-,22+,23-,24-,30-,31-/m10/s1. The summed E-state index contributed by atoms with van der Waals surface area (Å²) in [6.45, 7) is 17.8. The molecule has 2 saturated heterocycles. The Balaban J connectivity index is 0.000000280. The number of carbonyl (C=O) groups excluding carboxylic acids is 12. The lowest BCUT2D eigenvalue weighted by molar-refractivity contribution is -0.146. The van der Waals surface area contributed by atoms with Crippen LogP contribution in [0.25, 0.3) is 0 Å². The van der Waals surface area contributed by atoms with Crippen molar-refractivity contribution in [1.82, 2.24) is 40.4 Å². The second-order valence-electron chi connectivity index (χ2n) is 30.0. The second kappa shape index (κ2) is 35.0. The predicted molar refractivity (Wildman–Crippen MR) is 354 cm³/mol. The van der Waals surface area contributed by atoms with Crippen LogP contribution in [-0.2, 0) is 47.9 Å². The first-order valence-corrected chi connectivity index (χ1v) is 34.9. The lowest BCUT2D eigenvalue weighted by atomic mass is 9.82. The lowest BCUT2D eigenvalue weighted by Gasteiger charge is -2.37. The monoisotopic (exact) mass is 1380 g/mol. The minimum Gasteiger partial charge on any atom is -0.344 e. The van der Waals surface area contributed by atoms with Crippen molar-refractivity contribution in [2.45, 2.75) is 215 Å². The van der Waals surface area contributed by atoms with E-state index in [1.165, 1.54) is 47.0 Å². The number of hydrogen-bond acceptors (Lipinski definition) is 16. The summed E-state index contributed by atoms with van der Waals surface area (Å²) >= 11 is 0. The lowest BCUT2D eigenvalue weighted by Crippen LogP contribution is -2.58. The Morgan fingerprint density at radius 2 is 1.05 bits per heavy atom. The van der Waals surface area contributed by atoms with Crippen molar-refractivity contribution in [3.63, 3.8) is 0 Å². The van der Waals surface area contributed by atoms with E-state index in [2.05, 4.69) is 30.6 Å². The van der Waals surface area contributed by atoms with Gasteiger partial charge in [0.1, 0.15) is 29.6 Å². The van der Waals surface area contributed by atoms with Gasteiger partial charge in [-0.25, -0.2) is 31.9 Å². The average Bonchev–Trinajstić information content (AvgIpc) is 1.61. The molecule has 1 aromatic carbocycles. The molecule has 14 atom stereocenters. The molecule has 0 spiro atoms. The number of fused-ring (bicyclic) bond motifs is 2. The molecule has 99 heavy (non-hydrogen) atoms. The van der Waals surface area contributed by atoms with Crippen molar-refractivity contribution in [3.8, 4) is 0 Å². The summed E-state index contributed by atoms with van der Waals surface area (Å²) in [6.07, 6.45) is 1.76. The number of aromatic nitrogens is 4. The van der Waals surface area contributed by atoms with Crippen molar-refractivity contribution >= 4 is 69.9 Å². The van der Waals surface area contributed by atoms with E-state index in [1.54, 1.807) is 55.4 Å². The van der Waals surface area contributed by atoms with E-state index >= 15 is 4.39 Å². The van der Waals surface area contributed by atoms with Crippen molar-refractivity contribution in [3.05, 3.63) is 84.5 Å². The molecular formula is C74H97F5N8O12. The predicted octanol–water partition coefficient (Wildman–Crippen LogP) is 10.2. The third kappa shape index (κ3) is 20.7. The number of alkyl halides is 5. The van der Waals surface area contributed by atoms with E-state index in [9.17, 15) is 75.1 Å². The molecule has 8 rings (SSSR count). The summed E-state index contributed by atoms with van der Waals surface area (Å²) in [4.78, 5) is 181. The van der Waals surface area contributed by atoms with E-state index in [1.807, 2.05) is 44.2 Å². The maximum absolute atomic E-state index is 15.0. The van der Waals surface area contributed by atoms with Gasteiger partial charge in [-0.3, -0.25) is 67.5 Å². The number of halogens is 5. The minimum absolute atomic E-state index is 0.000148. The minimum atomic E-state index is -2.93. The first kappa shape index (κ1) is 78.6. The fourth-order valence-corrected chi connectivity index (χ4v) is 14.8. The fraction of sp³-hybridized carbons (Fsp3) is 0.649. The zero-order valence-corrected chi connectivity index (χ0v) is 58.4. The number of nitrogens with zero attached hydrogens (tertiary/aromatic N) is 6. The molecule has 3 saturated carbocycles. The smallest absolute Gasteiger partial charge is 0.246 e. The largest absolute Gasteiger partial charge is 0.344 e. The molecule has 2 aromatic heterocycles. The molecule has 2 aliphatic heterocycles. The maximum atomic E-state index is 15.0. The first-order chi connectivity index (χ1) is 46.7. The zero-order valence-electron chi connectivity index (χ0n) is 58.4. The van der Waals surface area contributed by atoms with Gasteiger partial charge in [-0.1, -0.05) is 106 Å². The summed E-state index contributed by atoms with van der Waals surface area (Å²) in [5, 5.41) is 5.67. The van der Waals surface area contributed by atoms with E-state index in [0.717, 1.165) is 31.2 Å². The summed E-state index contributed by atoms with van der Waals surface area (Å²) in [7, 11) is 0. The molecule has 25 heteroatoms. The van der Waals surface area contributed by atoms with Gasteiger partial charge >= 0.3 is 0 Å². The van der Waals surface area contributed by atoms with Gasteiger partial charge in [-0.2, -0.15) is 0 Å². The van der Waals surface area contributed by atoms with Crippen LogP contribution in [0.3, 0.4) is 0 Å². The van der Waals surface area contributed by atoms with E-state index in [0.29, 0.717) is 12.8 Å². The quantitative estimate of drug-likeness (QED) is 0.0319. The SMILES string of the molecule is CC(C)[C@@H](CC(=O)c1cnccn1)C(=O)N[C@H](C(=O)N1C[C@@H]2CCC[C@@H]2[C@H]1C(=O)CC(CC(F)F)C(=O)C(=O)C[C@@H](C)c1ccccc1)C(C)(C)C.CC(C)[C@H](NC(=O)[C@H](CC(=O)c1cnccn1)C(C)C)C(=O)N1C[C@H]2[C@H](CC[C@@H]2F)[C@H]1C(=O)CC(CC(F)F)C(=O)C(=O)CC1CC1. The highest BCUT2D eigenvalue weighted by atomic mass is 19.3. The number of nitrogens with one attached hydrogen (secondary N) is 2. The molecule has 0 radical (unpaired) electrons. The average molecular weight is 1390 g/mol. The van der Waals surface area contributed by atoms with Crippen molar-refractivity contribution in [2.75, 3.05) is 13.1 Å². The fourth-order valence-electron chi connectivity index (χ4n) is 14.8. The molecule has 4 amide bonds. The molecule has 5 aliphatic rings. The van der Waals surface area contributed by atoms with E-state index < -0.39 is 180 Å². The molecule has 2 unspecified atom stereocenters. The Kier molecular flexibility index (Phi) is 27.8. The number of amides is 4. The van der Waals surface area contributed by atoms with Gasteiger partial charge in [0.05, 0.1) is 24.5 Å². The van der Waals surface area contributed by atoms with Crippen molar-refractivity contribution < 1.29 is 79.5 Å². The summed E-state index contributed by atoms with van der Waals surface area (Å²) in [5.74, 6) is -15.1. The number of rotatable bonds is 34. The molecule has 0 bridgehead atoms. The highest BCUT2D eigenvalue weighted by Crippen LogP contribution is 2.47. The number of hydrogen-bond donors (Lipinski definition) is 2. The zero-order chi connectivity index (χ0) is 72.9. The van der Waals surface area contributed by atoms with Crippen molar-refractivity contribution in [1.29, 1.82) is 0 Å². The number of ketones is 8. The molecule has 5 fully saturated rings. The van der Waals surface area contributed by atoms with Gasteiger partial charge < -0.3 is 20.4 Å². The second-order valence-corrected chi connectivity index (χ2v) is 30.0. The third-order valence-electron chi connectivity index (χ3n) is 20.6. The topological polar surface area (TPSA) is 287 Å². The van der Waals surface area contributed by atoms with Crippen LogP contribution in [0.15, 0.2) is 67.5 Å². The first-order valence-electron chi connectivity index (χ1n) is 34.9. The summed E-state index contributed by atoms with van der Waals surface area (Å²) in [6, 6.07) is 4.70. The van der Waals surface area contributed by atoms with Crippen LogP contribution < -0.4 is 10.6 Å². The Morgan fingerprint density at radius 3 is 1.53 bits per heavy atom. The van der Waals surface area contributed by atoms with Crippen LogP contribution in [0.4, 0.5) is 22.0 Å². The Labute approximate surface area is 576 Å². The molecule has 540 valence electrons. The Bertz CT molecular complexity index is 3370. The van der Waals surface area contributed by atoms with Crippen LogP contribution in [-0.4, -0.2) is 156 Å². The number of likely N-dealkylation sites (tertiary alicyclic amines) is 2. The van der Waals surface area contributed by atoms with Crippen LogP contribution in [0, 0.1) is 76.4 Å². The van der Waals surface area contributed by atoms with Crippen molar-refractivity contribution in [2.24, 2.45) is 76.4 Å². The Hall–Kier alpha value is -7.73. The van der Waals surface area contributed by atoms with Gasteiger partial charge in [-0.05, 0) is 96.8 Å². The van der Waals surface area contributed by atoms with Gasteiger partial charge in [0, 0.05) is 119 Å². The number of carbonyl (C=O) groups is 12. The van der Waals surface area contributed by atoms with Crippen LogP contribution >= 0.6 is 0 Å².